The van der Waals surface area contributed by atoms with Gasteiger partial charge in [-0.1, -0.05) is 31.2 Å². The average Bonchev–Trinajstić information content (AvgIpc) is 3.20. The molecule has 1 atom stereocenters. The summed E-state index contributed by atoms with van der Waals surface area (Å²) >= 11 is 0. The molecule has 0 radical (unpaired) electrons. The number of nitrogens with one attached hydrogen (secondary N) is 1. The van der Waals surface area contributed by atoms with Crippen molar-refractivity contribution in [3.05, 3.63) is 59.9 Å². The van der Waals surface area contributed by atoms with Gasteiger partial charge in [0.1, 0.15) is 12.4 Å². The molecule has 0 bridgehead atoms. The first-order valence-corrected chi connectivity index (χ1v) is 9.41. The first kappa shape index (κ1) is 17.9. The normalized spacial score (nSPS) is 16.0. The van der Waals surface area contributed by atoms with Gasteiger partial charge in [-0.15, -0.1) is 0 Å². The molecule has 1 fully saturated rings. The Bertz CT molecular complexity index is 626. The molecule has 1 aliphatic heterocycles. The maximum atomic E-state index is 6.02. The Labute approximate surface area is 151 Å². The Kier molecular flexibility index (Phi) is 6.83. The summed E-state index contributed by atoms with van der Waals surface area (Å²) < 4.78 is 6.02. The fraction of sp³-hybridized carbons (Fsp3) is 0.476. The molecule has 2 heterocycles. The van der Waals surface area contributed by atoms with Crippen molar-refractivity contribution in [2.75, 3.05) is 19.6 Å². The van der Waals surface area contributed by atoms with Crippen molar-refractivity contribution in [1.29, 1.82) is 0 Å². The van der Waals surface area contributed by atoms with Crippen LogP contribution in [0.3, 0.4) is 0 Å². The highest BCUT2D eigenvalue weighted by molar-refractivity contribution is 5.33. The summed E-state index contributed by atoms with van der Waals surface area (Å²) in [5.74, 6) is 0.952. The van der Waals surface area contributed by atoms with Gasteiger partial charge in [-0.3, -0.25) is 9.88 Å². The smallest absolute Gasteiger partial charge is 0.124 e. The molecule has 0 amide bonds. The molecular weight excluding hydrogens is 310 g/mol. The van der Waals surface area contributed by atoms with Crippen LogP contribution in [-0.2, 0) is 13.2 Å². The molecule has 1 aromatic heterocycles. The molecule has 3 rings (SSSR count). The molecule has 0 saturated carbocycles. The average molecular weight is 339 g/mol. The zero-order valence-corrected chi connectivity index (χ0v) is 15.2. The van der Waals surface area contributed by atoms with Gasteiger partial charge in [-0.05, 0) is 44.5 Å². The van der Waals surface area contributed by atoms with Gasteiger partial charge in [-0.2, -0.15) is 0 Å². The Morgan fingerprint density at radius 2 is 2.00 bits per heavy atom. The van der Waals surface area contributed by atoms with Crippen LogP contribution < -0.4 is 10.1 Å². The number of pyridine rings is 1. The predicted octanol–water partition coefficient (Wildman–Crippen LogP) is 3.62. The highest BCUT2D eigenvalue weighted by atomic mass is 16.5. The number of aromatic nitrogens is 1. The van der Waals surface area contributed by atoms with Crippen molar-refractivity contribution in [2.24, 2.45) is 0 Å². The Balaban J connectivity index is 1.51. The molecule has 1 N–H and O–H groups in total. The predicted molar refractivity (Wildman–Crippen MR) is 102 cm³/mol. The molecule has 1 unspecified atom stereocenters. The van der Waals surface area contributed by atoms with E-state index in [4.69, 9.17) is 4.74 Å². The largest absolute Gasteiger partial charge is 0.489 e. The Morgan fingerprint density at radius 1 is 1.16 bits per heavy atom. The molecule has 1 saturated heterocycles. The highest BCUT2D eigenvalue weighted by Crippen LogP contribution is 2.19. The molecule has 4 nitrogen and oxygen atoms in total. The fourth-order valence-electron chi connectivity index (χ4n) is 3.45. The Morgan fingerprint density at radius 3 is 2.76 bits per heavy atom. The van der Waals surface area contributed by atoms with Gasteiger partial charge in [-0.25, -0.2) is 0 Å². The zero-order valence-electron chi connectivity index (χ0n) is 15.2. The van der Waals surface area contributed by atoms with E-state index in [-0.39, 0.29) is 0 Å². The van der Waals surface area contributed by atoms with Crippen LogP contribution in [0.1, 0.15) is 37.3 Å². The SMILES string of the molecule is CCC(CNCc1ccccc1OCc1cccnc1)N1CCCC1. The van der Waals surface area contributed by atoms with E-state index in [2.05, 4.69) is 34.3 Å². The van der Waals surface area contributed by atoms with Crippen LogP contribution in [0.5, 0.6) is 5.75 Å². The maximum absolute atomic E-state index is 6.02. The zero-order chi connectivity index (χ0) is 17.3. The summed E-state index contributed by atoms with van der Waals surface area (Å²) in [6, 6.07) is 12.9. The standard InChI is InChI=1S/C21H29N3O/c1-2-20(24-12-5-6-13-24)16-23-15-19-9-3-4-10-21(19)25-17-18-8-7-11-22-14-18/h3-4,7-11,14,20,23H,2,5-6,12-13,15-17H2,1H3. The number of hydrogen-bond acceptors (Lipinski definition) is 4. The summed E-state index contributed by atoms with van der Waals surface area (Å²) in [7, 11) is 0. The summed E-state index contributed by atoms with van der Waals surface area (Å²) in [5, 5.41) is 3.63. The summed E-state index contributed by atoms with van der Waals surface area (Å²) in [6.07, 6.45) is 7.53. The van der Waals surface area contributed by atoms with E-state index >= 15 is 0 Å². The third-order valence-electron chi connectivity index (χ3n) is 4.91. The minimum absolute atomic E-state index is 0.552. The molecule has 134 valence electrons. The Hall–Kier alpha value is -1.91. The number of rotatable bonds is 9. The molecular formula is C21H29N3O. The second-order valence-corrected chi connectivity index (χ2v) is 6.69. The van der Waals surface area contributed by atoms with Gasteiger partial charge >= 0.3 is 0 Å². The second kappa shape index (κ2) is 9.54. The van der Waals surface area contributed by atoms with Crippen LogP contribution in [0.4, 0.5) is 0 Å². The lowest BCUT2D eigenvalue weighted by molar-refractivity contribution is 0.229. The molecule has 25 heavy (non-hydrogen) atoms. The van der Waals surface area contributed by atoms with Gasteiger partial charge in [0.25, 0.3) is 0 Å². The van der Waals surface area contributed by atoms with Gasteiger partial charge in [0.2, 0.25) is 0 Å². The molecule has 1 aromatic carbocycles. The van der Waals surface area contributed by atoms with Crippen molar-refractivity contribution < 1.29 is 4.74 Å². The summed E-state index contributed by atoms with van der Waals surface area (Å²) in [6.45, 7) is 7.23. The van der Waals surface area contributed by atoms with Crippen molar-refractivity contribution in [3.63, 3.8) is 0 Å². The van der Waals surface area contributed by atoms with Gasteiger partial charge < -0.3 is 10.1 Å². The van der Waals surface area contributed by atoms with Crippen molar-refractivity contribution in [2.45, 2.75) is 45.4 Å². The van der Waals surface area contributed by atoms with Crippen molar-refractivity contribution >= 4 is 0 Å². The monoisotopic (exact) mass is 339 g/mol. The number of ether oxygens (including phenoxy) is 1. The second-order valence-electron chi connectivity index (χ2n) is 6.69. The number of nitrogens with zero attached hydrogens (tertiary/aromatic N) is 2. The summed E-state index contributed by atoms with van der Waals surface area (Å²) in [4.78, 5) is 6.76. The van der Waals surface area contributed by atoms with Crippen molar-refractivity contribution in [3.8, 4) is 5.75 Å². The minimum atomic E-state index is 0.552. The molecule has 4 heteroatoms. The third-order valence-corrected chi connectivity index (χ3v) is 4.91. The number of para-hydroxylation sites is 1. The number of hydrogen-bond donors (Lipinski definition) is 1. The lowest BCUT2D eigenvalue weighted by atomic mass is 10.1. The van der Waals surface area contributed by atoms with E-state index in [0.29, 0.717) is 12.6 Å². The third kappa shape index (κ3) is 5.28. The van der Waals surface area contributed by atoms with E-state index in [1.54, 1.807) is 6.20 Å². The topological polar surface area (TPSA) is 37.4 Å². The van der Waals surface area contributed by atoms with E-state index in [0.717, 1.165) is 24.4 Å². The molecule has 2 aromatic rings. The molecule has 1 aliphatic rings. The highest BCUT2D eigenvalue weighted by Gasteiger charge is 2.19. The lowest BCUT2D eigenvalue weighted by Crippen LogP contribution is -2.40. The van der Waals surface area contributed by atoms with E-state index in [1.807, 2.05) is 30.5 Å². The quantitative estimate of drug-likeness (QED) is 0.757. The molecule has 0 spiro atoms. The summed E-state index contributed by atoms with van der Waals surface area (Å²) in [5.41, 5.74) is 2.30. The van der Waals surface area contributed by atoms with Crippen LogP contribution in [-0.4, -0.2) is 35.6 Å². The van der Waals surface area contributed by atoms with Crippen LogP contribution in [0, 0.1) is 0 Å². The van der Waals surface area contributed by atoms with Gasteiger partial charge in [0.05, 0.1) is 0 Å². The first-order valence-electron chi connectivity index (χ1n) is 9.41. The maximum Gasteiger partial charge on any atom is 0.124 e. The van der Waals surface area contributed by atoms with Crippen LogP contribution in [0.15, 0.2) is 48.8 Å². The van der Waals surface area contributed by atoms with Gasteiger partial charge in [0, 0.05) is 42.7 Å². The van der Waals surface area contributed by atoms with Crippen LogP contribution in [0.25, 0.3) is 0 Å². The van der Waals surface area contributed by atoms with Crippen LogP contribution in [0.2, 0.25) is 0 Å². The van der Waals surface area contributed by atoms with Gasteiger partial charge in [0.15, 0.2) is 0 Å². The minimum Gasteiger partial charge on any atom is -0.489 e. The van der Waals surface area contributed by atoms with E-state index < -0.39 is 0 Å². The number of benzene rings is 1. The van der Waals surface area contributed by atoms with Crippen LogP contribution >= 0.6 is 0 Å². The van der Waals surface area contributed by atoms with E-state index in [9.17, 15) is 0 Å². The van der Waals surface area contributed by atoms with E-state index in [1.165, 1.54) is 37.9 Å². The van der Waals surface area contributed by atoms with Crippen molar-refractivity contribution in [1.82, 2.24) is 15.2 Å². The number of likely N-dealkylation sites (tertiary alicyclic amines) is 1. The first-order chi connectivity index (χ1) is 12.4. The fourth-order valence-corrected chi connectivity index (χ4v) is 3.45. The lowest BCUT2D eigenvalue weighted by Gasteiger charge is -2.26. The molecule has 0 aliphatic carbocycles.